The number of nitriles is 1. The molecule has 1 aromatic rings. The van der Waals surface area contributed by atoms with Crippen molar-refractivity contribution >= 4 is 11.6 Å². The first-order chi connectivity index (χ1) is 7.19. The van der Waals surface area contributed by atoms with Crippen LogP contribution in [0, 0.1) is 17.2 Å². The Morgan fingerprint density at radius 3 is 2.47 bits per heavy atom. The van der Waals surface area contributed by atoms with E-state index in [2.05, 4.69) is 0 Å². The lowest BCUT2D eigenvalue weighted by Crippen LogP contribution is -2.08. The number of rotatable bonds is 3. The van der Waals surface area contributed by atoms with Gasteiger partial charge in [0, 0.05) is 5.02 Å². The van der Waals surface area contributed by atoms with Gasteiger partial charge < -0.3 is 5.11 Å². The van der Waals surface area contributed by atoms with Crippen LogP contribution in [0.5, 0.6) is 0 Å². The van der Waals surface area contributed by atoms with E-state index in [4.69, 9.17) is 16.9 Å². The molecule has 1 N–H and O–H groups in total. The van der Waals surface area contributed by atoms with Crippen molar-refractivity contribution in [2.45, 2.75) is 13.0 Å². The molecule has 0 amide bonds. The minimum absolute atomic E-state index is 0.517. The molecule has 3 heteroatoms. The standard InChI is InChI=1S/C12H12ClNO/c1-2-3-10(8-14)12(15)9-4-6-11(13)7-5-9/h2-7,10,12,15H,1H3/b3-2+. The third-order valence-corrected chi connectivity index (χ3v) is 2.35. The maximum atomic E-state index is 9.89. The zero-order valence-electron chi connectivity index (χ0n) is 8.39. The van der Waals surface area contributed by atoms with Gasteiger partial charge in [-0.1, -0.05) is 35.9 Å². The van der Waals surface area contributed by atoms with Crippen molar-refractivity contribution in [3.8, 4) is 6.07 Å². The second-order valence-corrected chi connectivity index (χ2v) is 3.61. The normalized spacial score (nSPS) is 14.8. The first-order valence-electron chi connectivity index (χ1n) is 4.65. The molecular weight excluding hydrogens is 210 g/mol. The Bertz CT molecular complexity index is 378. The Balaban J connectivity index is 2.88. The van der Waals surface area contributed by atoms with Crippen LogP contribution in [0.15, 0.2) is 36.4 Å². The van der Waals surface area contributed by atoms with E-state index in [9.17, 15) is 5.11 Å². The third-order valence-electron chi connectivity index (χ3n) is 2.10. The minimum Gasteiger partial charge on any atom is -0.387 e. The van der Waals surface area contributed by atoms with Crippen LogP contribution in [0.25, 0.3) is 0 Å². The minimum atomic E-state index is -0.802. The number of aliphatic hydroxyl groups excluding tert-OH is 1. The predicted octanol–water partition coefficient (Wildman–Crippen LogP) is 3.09. The van der Waals surface area contributed by atoms with Crippen LogP contribution in [0.3, 0.4) is 0 Å². The highest BCUT2D eigenvalue weighted by atomic mass is 35.5. The average molecular weight is 222 g/mol. The van der Waals surface area contributed by atoms with E-state index in [0.29, 0.717) is 10.6 Å². The fraction of sp³-hybridized carbons (Fsp3) is 0.250. The second kappa shape index (κ2) is 5.55. The molecule has 1 aromatic carbocycles. The summed E-state index contributed by atoms with van der Waals surface area (Å²) in [7, 11) is 0. The molecule has 1 rings (SSSR count). The van der Waals surface area contributed by atoms with Crippen LogP contribution in [0.2, 0.25) is 5.02 Å². The van der Waals surface area contributed by atoms with E-state index in [1.54, 1.807) is 36.4 Å². The first-order valence-corrected chi connectivity index (χ1v) is 5.02. The highest BCUT2D eigenvalue weighted by Gasteiger charge is 2.17. The number of nitrogens with zero attached hydrogens (tertiary/aromatic N) is 1. The number of aliphatic hydroxyl groups is 1. The number of benzene rings is 1. The Morgan fingerprint density at radius 2 is 2.00 bits per heavy atom. The van der Waals surface area contributed by atoms with Crippen molar-refractivity contribution in [1.82, 2.24) is 0 Å². The van der Waals surface area contributed by atoms with Gasteiger partial charge in [-0.15, -0.1) is 0 Å². The molecule has 0 heterocycles. The summed E-state index contributed by atoms with van der Waals surface area (Å²) >= 11 is 5.73. The van der Waals surface area contributed by atoms with Crippen molar-refractivity contribution in [1.29, 1.82) is 5.26 Å². The molecule has 0 bridgehead atoms. The lowest BCUT2D eigenvalue weighted by molar-refractivity contribution is 0.154. The van der Waals surface area contributed by atoms with E-state index in [0.717, 1.165) is 0 Å². The number of halogens is 1. The molecule has 0 radical (unpaired) electrons. The molecule has 0 aliphatic heterocycles. The molecule has 0 aliphatic rings. The fourth-order valence-electron chi connectivity index (χ4n) is 1.29. The molecular formula is C12H12ClNO. The maximum absolute atomic E-state index is 9.89. The van der Waals surface area contributed by atoms with Gasteiger partial charge in [-0.3, -0.25) is 0 Å². The summed E-state index contributed by atoms with van der Waals surface area (Å²) in [6.45, 7) is 1.82. The monoisotopic (exact) mass is 221 g/mol. The van der Waals surface area contributed by atoms with Crippen molar-refractivity contribution in [3.63, 3.8) is 0 Å². The molecule has 15 heavy (non-hydrogen) atoms. The summed E-state index contributed by atoms with van der Waals surface area (Å²) in [5.74, 6) is -0.517. The smallest absolute Gasteiger partial charge is 0.0983 e. The third kappa shape index (κ3) is 3.09. The van der Waals surface area contributed by atoms with Gasteiger partial charge in [0.2, 0.25) is 0 Å². The zero-order chi connectivity index (χ0) is 11.3. The molecule has 0 aromatic heterocycles. The molecule has 0 fully saturated rings. The summed E-state index contributed by atoms with van der Waals surface area (Å²) in [6, 6.07) is 8.89. The van der Waals surface area contributed by atoms with E-state index < -0.39 is 12.0 Å². The average Bonchev–Trinajstić information content (AvgIpc) is 2.26. The van der Waals surface area contributed by atoms with Gasteiger partial charge in [0.25, 0.3) is 0 Å². The van der Waals surface area contributed by atoms with Crippen LogP contribution in [-0.2, 0) is 0 Å². The predicted molar refractivity (Wildman–Crippen MR) is 60.3 cm³/mol. The number of allylic oxidation sites excluding steroid dienone is 1. The molecule has 0 aliphatic carbocycles. The van der Waals surface area contributed by atoms with Gasteiger partial charge >= 0.3 is 0 Å². The Kier molecular flexibility index (Phi) is 4.36. The topological polar surface area (TPSA) is 44.0 Å². The van der Waals surface area contributed by atoms with Crippen molar-refractivity contribution in [2.24, 2.45) is 5.92 Å². The van der Waals surface area contributed by atoms with E-state index >= 15 is 0 Å². The van der Waals surface area contributed by atoms with Crippen LogP contribution in [0.4, 0.5) is 0 Å². The molecule has 2 nitrogen and oxygen atoms in total. The van der Waals surface area contributed by atoms with E-state index in [-0.39, 0.29) is 0 Å². The SMILES string of the molecule is C/C=C/C(C#N)C(O)c1ccc(Cl)cc1. The quantitative estimate of drug-likeness (QED) is 0.798. The number of hydrogen-bond donors (Lipinski definition) is 1. The summed E-state index contributed by atoms with van der Waals surface area (Å²) in [6.07, 6.45) is 2.63. The second-order valence-electron chi connectivity index (χ2n) is 3.18. The van der Waals surface area contributed by atoms with Crippen molar-refractivity contribution < 1.29 is 5.11 Å². The molecule has 0 saturated heterocycles. The van der Waals surface area contributed by atoms with Gasteiger partial charge in [0.15, 0.2) is 0 Å². The van der Waals surface area contributed by atoms with Gasteiger partial charge in [0.05, 0.1) is 18.1 Å². The van der Waals surface area contributed by atoms with Crippen molar-refractivity contribution in [3.05, 3.63) is 47.0 Å². The molecule has 2 atom stereocenters. The van der Waals surface area contributed by atoms with Gasteiger partial charge in [-0.2, -0.15) is 5.26 Å². The summed E-state index contributed by atoms with van der Waals surface area (Å²) in [4.78, 5) is 0. The zero-order valence-corrected chi connectivity index (χ0v) is 9.15. The summed E-state index contributed by atoms with van der Waals surface area (Å²) < 4.78 is 0. The largest absolute Gasteiger partial charge is 0.387 e. The van der Waals surface area contributed by atoms with Crippen LogP contribution in [-0.4, -0.2) is 5.11 Å². The van der Waals surface area contributed by atoms with Gasteiger partial charge in [0.1, 0.15) is 0 Å². The summed E-state index contributed by atoms with van der Waals surface area (Å²) in [5, 5.41) is 19.4. The molecule has 0 saturated carbocycles. The van der Waals surface area contributed by atoms with Gasteiger partial charge in [-0.25, -0.2) is 0 Å². The van der Waals surface area contributed by atoms with Crippen LogP contribution >= 0.6 is 11.6 Å². The number of hydrogen-bond acceptors (Lipinski definition) is 2. The molecule has 2 unspecified atom stereocenters. The fourth-order valence-corrected chi connectivity index (χ4v) is 1.42. The highest BCUT2D eigenvalue weighted by Crippen LogP contribution is 2.23. The van der Waals surface area contributed by atoms with Crippen LogP contribution < -0.4 is 0 Å². The Hall–Kier alpha value is -1.30. The maximum Gasteiger partial charge on any atom is 0.0983 e. The summed E-state index contributed by atoms with van der Waals surface area (Å²) in [5.41, 5.74) is 0.698. The van der Waals surface area contributed by atoms with E-state index in [1.807, 2.05) is 13.0 Å². The lowest BCUT2D eigenvalue weighted by atomic mass is 9.97. The highest BCUT2D eigenvalue weighted by molar-refractivity contribution is 6.30. The first kappa shape index (κ1) is 11.8. The molecule has 0 spiro atoms. The van der Waals surface area contributed by atoms with E-state index in [1.165, 1.54) is 0 Å². The Labute approximate surface area is 94.4 Å². The molecule has 78 valence electrons. The van der Waals surface area contributed by atoms with Crippen molar-refractivity contribution in [2.75, 3.05) is 0 Å². The lowest BCUT2D eigenvalue weighted by Gasteiger charge is -2.13. The van der Waals surface area contributed by atoms with Crippen LogP contribution in [0.1, 0.15) is 18.6 Å². The van der Waals surface area contributed by atoms with Gasteiger partial charge in [-0.05, 0) is 24.6 Å². The Morgan fingerprint density at radius 1 is 1.40 bits per heavy atom.